The summed E-state index contributed by atoms with van der Waals surface area (Å²) in [4.78, 5) is 21.8. The van der Waals surface area contributed by atoms with Crippen molar-refractivity contribution < 1.29 is 9.53 Å². The van der Waals surface area contributed by atoms with Gasteiger partial charge in [0, 0.05) is 6.42 Å². The molecule has 0 saturated heterocycles. The first-order valence-corrected chi connectivity index (χ1v) is 5.23. The van der Waals surface area contributed by atoms with E-state index >= 15 is 0 Å². The number of benzene rings is 1. The third kappa shape index (κ3) is 2.89. The van der Waals surface area contributed by atoms with E-state index in [9.17, 15) is 9.70 Å². The Balaban J connectivity index is 2.86. The number of carbonyl (C=O) groups excluding carboxylic acids is 1. The van der Waals surface area contributed by atoms with Crippen molar-refractivity contribution >= 4 is 11.7 Å². The molecule has 1 rings (SSSR count). The average molecular weight is 221 g/mol. The number of hydrogen-bond donors (Lipinski definition) is 0. The van der Waals surface area contributed by atoms with Gasteiger partial charge in [-0.15, -0.1) is 4.91 Å². The molecule has 0 N–H and O–H groups in total. The number of carbonyl (C=O) groups is 1. The Bertz CT molecular complexity index is 388. The molecule has 1 aromatic carbocycles. The molecule has 1 aromatic rings. The number of nitrogens with zero attached hydrogens (tertiary/aromatic N) is 1. The van der Waals surface area contributed by atoms with Crippen LogP contribution in [0.15, 0.2) is 23.4 Å². The molecule has 16 heavy (non-hydrogen) atoms. The van der Waals surface area contributed by atoms with E-state index in [1.165, 1.54) is 7.11 Å². The molecular weight excluding hydrogens is 206 g/mol. The third-order valence-electron chi connectivity index (χ3n) is 2.50. The van der Waals surface area contributed by atoms with Crippen molar-refractivity contribution in [3.05, 3.63) is 34.2 Å². The highest BCUT2D eigenvalue weighted by atomic mass is 16.5. The summed E-state index contributed by atoms with van der Waals surface area (Å²) in [7, 11) is 1.35. The largest absolute Gasteiger partial charge is 0.469 e. The summed E-state index contributed by atoms with van der Waals surface area (Å²) in [6, 6.07) is 5.57. The van der Waals surface area contributed by atoms with Crippen LogP contribution in [0.3, 0.4) is 0 Å². The molecule has 0 saturated carbocycles. The minimum Gasteiger partial charge on any atom is -0.469 e. The van der Waals surface area contributed by atoms with Gasteiger partial charge in [0.2, 0.25) is 0 Å². The van der Waals surface area contributed by atoms with Crippen LogP contribution in [0.1, 0.15) is 24.5 Å². The van der Waals surface area contributed by atoms with Gasteiger partial charge in [-0.25, -0.2) is 0 Å². The lowest BCUT2D eigenvalue weighted by atomic mass is 10.0. The fourth-order valence-corrected chi connectivity index (χ4v) is 1.59. The predicted octanol–water partition coefficient (Wildman–Crippen LogP) is 2.75. The molecule has 0 amide bonds. The number of hydrogen-bond acceptors (Lipinski definition) is 4. The number of nitroso groups, excluding NO2 is 1. The molecule has 0 aliphatic rings. The smallest absolute Gasteiger partial charge is 0.305 e. The second-order valence-corrected chi connectivity index (χ2v) is 3.45. The Kier molecular flexibility index (Phi) is 4.64. The maximum atomic E-state index is 11.0. The van der Waals surface area contributed by atoms with Gasteiger partial charge in [0.1, 0.15) is 5.69 Å². The van der Waals surface area contributed by atoms with Gasteiger partial charge < -0.3 is 4.74 Å². The lowest BCUT2D eigenvalue weighted by Crippen LogP contribution is -2.02. The van der Waals surface area contributed by atoms with E-state index in [0.717, 1.165) is 17.5 Å². The van der Waals surface area contributed by atoms with Crippen LogP contribution in [-0.2, 0) is 22.4 Å². The van der Waals surface area contributed by atoms with Crippen LogP contribution in [-0.4, -0.2) is 13.1 Å². The summed E-state index contributed by atoms with van der Waals surface area (Å²) in [5.74, 6) is -0.279. The van der Waals surface area contributed by atoms with E-state index in [0.29, 0.717) is 12.1 Å². The summed E-state index contributed by atoms with van der Waals surface area (Å²) in [5, 5.41) is 3.04. The number of esters is 1. The highest BCUT2D eigenvalue weighted by Gasteiger charge is 2.09. The molecule has 0 fully saturated rings. The Morgan fingerprint density at radius 2 is 2.06 bits per heavy atom. The second-order valence-electron chi connectivity index (χ2n) is 3.45. The maximum Gasteiger partial charge on any atom is 0.305 e. The van der Waals surface area contributed by atoms with Crippen LogP contribution < -0.4 is 0 Å². The highest BCUT2D eigenvalue weighted by Crippen LogP contribution is 2.25. The molecule has 0 heterocycles. The van der Waals surface area contributed by atoms with Crippen molar-refractivity contribution in [2.45, 2.75) is 26.2 Å². The van der Waals surface area contributed by atoms with Crippen LogP contribution in [0.2, 0.25) is 0 Å². The van der Waals surface area contributed by atoms with Crippen molar-refractivity contribution in [2.24, 2.45) is 5.18 Å². The monoisotopic (exact) mass is 221 g/mol. The highest BCUT2D eigenvalue weighted by molar-refractivity contribution is 5.70. The average Bonchev–Trinajstić information content (AvgIpc) is 2.34. The van der Waals surface area contributed by atoms with Gasteiger partial charge in [-0.2, -0.15) is 0 Å². The number of rotatable bonds is 5. The summed E-state index contributed by atoms with van der Waals surface area (Å²) < 4.78 is 4.55. The minimum atomic E-state index is -0.279. The molecule has 0 unspecified atom stereocenters. The molecule has 0 atom stereocenters. The standard InChI is InChI=1S/C12H15NO3/c1-3-9-5-4-6-10(12(9)13-15)7-8-11(14)16-2/h4-6H,3,7-8H2,1-2H3. The predicted molar refractivity (Wildman–Crippen MR) is 61.6 cm³/mol. The molecule has 0 aliphatic carbocycles. The van der Waals surface area contributed by atoms with Crippen LogP contribution >= 0.6 is 0 Å². The van der Waals surface area contributed by atoms with Crippen molar-refractivity contribution in [1.29, 1.82) is 0 Å². The zero-order valence-electron chi connectivity index (χ0n) is 9.53. The minimum absolute atomic E-state index is 0.270. The second kappa shape index (κ2) is 6.00. The van der Waals surface area contributed by atoms with Gasteiger partial charge in [-0.05, 0) is 29.1 Å². The van der Waals surface area contributed by atoms with E-state index in [2.05, 4.69) is 9.91 Å². The van der Waals surface area contributed by atoms with Crippen molar-refractivity contribution in [1.82, 2.24) is 0 Å². The first kappa shape index (κ1) is 12.4. The Hall–Kier alpha value is -1.71. The Morgan fingerprint density at radius 1 is 1.38 bits per heavy atom. The van der Waals surface area contributed by atoms with E-state index in [-0.39, 0.29) is 12.4 Å². The van der Waals surface area contributed by atoms with Crippen LogP contribution in [0.25, 0.3) is 0 Å². The lowest BCUT2D eigenvalue weighted by Gasteiger charge is -2.06. The molecular formula is C12H15NO3. The summed E-state index contributed by atoms with van der Waals surface area (Å²) in [5.41, 5.74) is 2.19. The van der Waals surface area contributed by atoms with Gasteiger partial charge >= 0.3 is 5.97 Å². The first-order valence-electron chi connectivity index (χ1n) is 5.23. The molecule has 4 nitrogen and oxygen atoms in total. The number of methoxy groups -OCH3 is 1. The normalized spacial score (nSPS) is 9.88. The van der Waals surface area contributed by atoms with Gasteiger partial charge in [-0.1, -0.05) is 25.1 Å². The first-order chi connectivity index (χ1) is 7.72. The van der Waals surface area contributed by atoms with Crippen LogP contribution in [0.5, 0.6) is 0 Å². The molecule has 86 valence electrons. The topological polar surface area (TPSA) is 55.7 Å². The summed E-state index contributed by atoms with van der Waals surface area (Å²) in [6.07, 6.45) is 1.51. The summed E-state index contributed by atoms with van der Waals surface area (Å²) >= 11 is 0. The van der Waals surface area contributed by atoms with Gasteiger partial charge in [0.15, 0.2) is 0 Å². The van der Waals surface area contributed by atoms with E-state index in [1.807, 2.05) is 25.1 Å². The SMILES string of the molecule is CCc1cccc(CCC(=O)OC)c1N=O. The van der Waals surface area contributed by atoms with Crippen molar-refractivity contribution in [2.75, 3.05) is 7.11 Å². The Morgan fingerprint density at radius 3 is 2.62 bits per heavy atom. The van der Waals surface area contributed by atoms with Gasteiger partial charge in [0.05, 0.1) is 7.11 Å². The van der Waals surface area contributed by atoms with Crippen molar-refractivity contribution in [3.63, 3.8) is 0 Å². The van der Waals surface area contributed by atoms with E-state index < -0.39 is 0 Å². The number of ether oxygens (including phenoxy) is 1. The fraction of sp³-hybridized carbons (Fsp3) is 0.417. The van der Waals surface area contributed by atoms with E-state index in [4.69, 9.17) is 0 Å². The number of aryl methyl sites for hydroxylation is 2. The fourth-order valence-electron chi connectivity index (χ4n) is 1.59. The van der Waals surface area contributed by atoms with Crippen LogP contribution in [0, 0.1) is 4.91 Å². The Labute approximate surface area is 94.6 Å². The van der Waals surface area contributed by atoms with E-state index in [1.54, 1.807) is 0 Å². The van der Waals surface area contributed by atoms with Crippen molar-refractivity contribution in [3.8, 4) is 0 Å². The van der Waals surface area contributed by atoms with Crippen LogP contribution in [0.4, 0.5) is 5.69 Å². The molecule has 0 bridgehead atoms. The van der Waals surface area contributed by atoms with Gasteiger partial charge in [-0.3, -0.25) is 4.79 Å². The molecule has 0 aromatic heterocycles. The quantitative estimate of drug-likeness (QED) is 0.567. The zero-order valence-corrected chi connectivity index (χ0v) is 9.53. The zero-order chi connectivity index (χ0) is 12.0. The molecule has 0 aliphatic heterocycles. The lowest BCUT2D eigenvalue weighted by molar-refractivity contribution is -0.140. The van der Waals surface area contributed by atoms with Gasteiger partial charge in [0.25, 0.3) is 0 Å². The molecule has 4 heteroatoms. The molecule has 0 radical (unpaired) electrons. The third-order valence-corrected chi connectivity index (χ3v) is 2.50. The maximum absolute atomic E-state index is 11.0. The summed E-state index contributed by atoms with van der Waals surface area (Å²) in [6.45, 7) is 1.97. The molecule has 0 spiro atoms.